The summed E-state index contributed by atoms with van der Waals surface area (Å²) < 4.78 is 37.1. The van der Waals surface area contributed by atoms with Crippen LogP contribution in [0.5, 0.6) is 11.5 Å². The van der Waals surface area contributed by atoms with Crippen LogP contribution in [0.1, 0.15) is 20.8 Å². The predicted molar refractivity (Wildman–Crippen MR) is 108 cm³/mol. The number of sulfonamides is 1. The molecule has 0 unspecified atom stereocenters. The molecular weight excluding hydrogens is 380 g/mol. The van der Waals surface area contributed by atoms with Crippen LogP contribution in [0.4, 0.5) is 5.69 Å². The Hall–Kier alpha value is -2.58. The van der Waals surface area contributed by atoms with Crippen molar-refractivity contribution in [2.24, 2.45) is 0 Å². The van der Waals surface area contributed by atoms with Crippen molar-refractivity contribution in [2.45, 2.75) is 25.7 Å². The molecule has 7 nitrogen and oxygen atoms in total. The molecule has 152 valence electrons. The molecule has 1 amide bonds. The molecule has 0 fully saturated rings. The lowest BCUT2D eigenvalue weighted by Crippen LogP contribution is -2.30. The maximum atomic E-state index is 12.5. The third-order valence-electron chi connectivity index (χ3n) is 3.99. The molecule has 0 aliphatic carbocycles. The van der Waals surface area contributed by atoms with E-state index < -0.39 is 10.0 Å². The van der Waals surface area contributed by atoms with E-state index in [0.29, 0.717) is 31.1 Å². The number of carbonyl (C=O) groups is 1. The quantitative estimate of drug-likeness (QED) is 0.655. The number of anilines is 1. The predicted octanol–water partition coefficient (Wildman–Crippen LogP) is 3.13. The number of hydrogen-bond donors (Lipinski definition) is 1. The van der Waals surface area contributed by atoms with E-state index in [1.807, 2.05) is 6.92 Å². The van der Waals surface area contributed by atoms with Crippen LogP contribution in [0.15, 0.2) is 53.4 Å². The van der Waals surface area contributed by atoms with E-state index in [0.717, 1.165) is 5.75 Å². The molecule has 0 saturated heterocycles. The summed E-state index contributed by atoms with van der Waals surface area (Å²) in [5, 5.41) is 2.68. The molecule has 28 heavy (non-hydrogen) atoms. The first kappa shape index (κ1) is 21.7. The number of ether oxygens (including phenoxy) is 2. The minimum Gasteiger partial charge on any atom is -0.494 e. The van der Waals surface area contributed by atoms with Crippen molar-refractivity contribution in [1.29, 1.82) is 0 Å². The number of hydrogen-bond acceptors (Lipinski definition) is 5. The topological polar surface area (TPSA) is 84.9 Å². The van der Waals surface area contributed by atoms with Crippen LogP contribution in [0, 0.1) is 0 Å². The Morgan fingerprint density at radius 3 is 1.93 bits per heavy atom. The number of amides is 1. The van der Waals surface area contributed by atoms with Gasteiger partial charge >= 0.3 is 0 Å². The van der Waals surface area contributed by atoms with Crippen LogP contribution in [0.3, 0.4) is 0 Å². The molecule has 8 heteroatoms. The van der Waals surface area contributed by atoms with Gasteiger partial charge in [-0.15, -0.1) is 0 Å². The Kier molecular flexibility index (Phi) is 7.83. The molecule has 0 heterocycles. The lowest BCUT2D eigenvalue weighted by molar-refractivity contribution is -0.118. The van der Waals surface area contributed by atoms with Gasteiger partial charge in [0.15, 0.2) is 6.61 Å². The average Bonchev–Trinajstić information content (AvgIpc) is 2.69. The Morgan fingerprint density at radius 1 is 0.893 bits per heavy atom. The minimum atomic E-state index is -3.51. The first-order chi connectivity index (χ1) is 13.4. The minimum absolute atomic E-state index is 0.159. The smallest absolute Gasteiger partial charge is 0.262 e. The van der Waals surface area contributed by atoms with E-state index in [9.17, 15) is 13.2 Å². The molecule has 2 rings (SSSR count). The van der Waals surface area contributed by atoms with E-state index >= 15 is 0 Å². The fourth-order valence-electron chi connectivity index (χ4n) is 2.57. The Labute approximate surface area is 166 Å². The molecule has 0 spiro atoms. The lowest BCUT2D eigenvalue weighted by atomic mass is 10.3. The van der Waals surface area contributed by atoms with Gasteiger partial charge in [0.1, 0.15) is 11.5 Å². The normalized spacial score (nSPS) is 11.3. The summed E-state index contributed by atoms with van der Waals surface area (Å²) in [4.78, 5) is 12.2. The molecule has 0 atom stereocenters. The summed E-state index contributed by atoms with van der Waals surface area (Å²) in [5.74, 6) is 0.951. The highest BCUT2D eigenvalue weighted by atomic mass is 32.2. The maximum absolute atomic E-state index is 12.5. The summed E-state index contributed by atoms with van der Waals surface area (Å²) >= 11 is 0. The maximum Gasteiger partial charge on any atom is 0.262 e. The van der Waals surface area contributed by atoms with E-state index in [1.54, 1.807) is 50.2 Å². The fraction of sp³-hybridized carbons (Fsp3) is 0.350. The van der Waals surface area contributed by atoms with Crippen molar-refractivity contribution < 1.29 is 22.7 Å². The second kappa shape index (κ2) is 10.1. The Bertz CT molecular complexity index is 860. The van der Waals surface area contributed by atoms with Crippen LogP contribution in [0.25, 0.3) is 0 Å². The van der Waals surface area contributed by atoms with E-state index in [-0.39, 0.29) is 17.4 Å². The zero-order valence-corrected chi connectivity index (χ0v) is 17.2. The number of nitrogens with one attached hydrogen (secondary N) is 1. The van der Waals surface area contributed by atoms with Crippen molar-refractivity contribution in [1.82, 2.24) is 4.31 Å². The zero-order valence-electron chi connectivity index (χ0n) is 16.3. The van der Waals surface area contributed by atoms with Crippen LogP contribution < -0.4 is 14.8 Å². The highest BCUT2D eigenvalue weighted by Crippen LogP contribution is 2.19. The summed E-state index contributed by atoms with van der Waals surface area (Å²) in [6.45, 7) is 6.71. The SMILES string of the molecule is CCOc1ccc(OCC(=O)Nc2ccc(S(=O)(=O)N(CC)CC)cc2)cc1. The van der Waals surface area contributed by atoms with Crippen molar-refractivity contribution in [3.05, 3.63) is 48.5 Å². The highest BCUT2D eigenvalue weighted by molar-refractivity contribution is 7.89. The molecule has 2 aromatic rings. The van der Waals surface area contributed by atoms with Gasteiger partial charge < -0.3 is 14.8 Å². The average molecular weight is 407 g/mol. The standard InChI is InChI=1S/C20H26N2O5S/c1-4-22(5-2)28(24,25)19-13-7-16(8-14-19)21-20(23)15-27-18-11-9-17(10-12-18)26-6-3/h7-14H,4-6,15H2,1-3H3,(H,21,23). The monoisotopic (exact) mass is 406 g/mol. The molecule has 0 saturated carbocycles. The van der Waals surface area contributed by atoms with Gasteiger partial charge in [0, 0.05) is 18.8 Å². The third kappa shape index (κ3) is 5.71. The lowest BCUT2D eigenvalue weighted by Gasteiger charge is -2.18. The van der Waals surface area contributed by atoms with Gasteiger partial charge in [-0.3, -0.25) is 4.79 Å². The zero-order chi connectivity index (χ0) is 20.6. The molecule has 0 aliphatic rings. The van der Waals surface area contributed by atoms with Crippen molar-refractivity contribution in [3.8, 4) is 11.5 Å². The molecular formula is C20H26N2O5S. The number of carbonyl (C=O) groups excluding carboxylic acids is 1. The first-order valence-corrected chi connectivity index (χ1v) is 10.6. The fourth-order valence-corrected chi connectivity index (χ4v) is 4.03. The van der Waals surface area contributed by atoms with Gasteiger partial charge in [-0.2, -0.15) is 4.31 Å². The molecule has 1 N–H and O–H groups in total. The van der Waals surface area contributed by atoms with Gasteiger partial charge in [-0.1, -0.05) is 13.8 Å². The molecule has 0 aliphatic heterocycles. The summed E-state index contributed by atoms with van der Waals surface area (Å²) in [5.41, 5.74) is 0.499. The summed E-state index contributed by atoms with van der Waals surface area (Å²) in [7, 11) is -3.51. The first-order valence-electron chi connectivity index (χ1n) is 9.16. The highest BCUT2D eigenvalue weighted by Gasteiger charge is 2.21. The molecule has 0 bridgehead atoms. The van der Waals surface area contributed by atoms with Crippen LogP contribution in [0.2, 0.25) is 0 Å². The number of rotatable bonds is 10. The van der Waals surface area contributed by atoms with Crippen LogP contribution in [-0.2, 0) is 14.8 Å². The van der Waals surface area contributed by atoms with Gasteiger partial charge in [-0.05, 0) is 55.5 Å². The van der Waals surface area contributed by atoms with Gasteiger partial charge in [0.2, 0.25) is 10.0 Å². The second-order valence-corrected chi connectivity index (χ2v) is 7.79. The van der Waals surface area contributed by atoms with Crippen molar-refractivity contribution in [2.75, 3.05) is 31.6 Å². The number of benzene rings is 2. The molecule has 2 aromatic carbocycles. The van der Waals surface area contributed by atoms with Gasteiger partial charge in [0.05, 0.1) is 11.5 Å². The van der Waals surface area contributed by atoms with Crippen molar-refractivity contribution >= 4 is 21.6 Å². The Balaban J connectivity index is 1.92. The van der Waals surface area contributed by atoms with Gasteiger partial charge in [-0.25, -0.2) is 8.42 Å². The summed E-state index contributed by atoms with van der Waals surface area (Å²) in [6.07, 6.45) is 0. The van der Waals surface area contributed by atoms with E-state index in [4.69, 9.17) is 9.47 Å². The molecule has 0 aromatic heterocycles. The summed E-state index contributed by atoms with van der Waals surface area (Å²) in [6, 6.07) is 13.1. The number of nitrogens with zero attached hydrogens (tertiary/aromatic N) is 1. The van der Waals surface area contributed by atoms with E-state index in [1.165, 1.54) is 16.4 Å². The third-order valence-corrected chi connectivity index (χ3v) is 6.05. The van der Waals surface area contributed by atoms with Crippen molar-refractivity contribution in [3.63, 3.8) is 0 Å². The Morgan fingerprint density at radius 2 is 1.43 bits per heavy atom. The van der Waals surface area contributed by atoms with Crippen LogP contribution in [-0.4, -0.2) is 44.9 Å². The van der Waals surface area contributed by atoms with Crippen LogP contribution >= 0.6 is 0 Å². The largest absolute Gasteiger partial charge is 0.494 e. The van der Waals surface area contributed by atoms with Gasteiger partial charge in [0.25, 0.3) is 5.91 Å². The second-order valence-electron chi connectivity index (χ2n) is 5.85. The van der Waals surface area contributed by atoms with E-state index in [2.05, 4.69) is 5.32 Å². The molecule has 0 radical (unpaired) electrons.